The molecule has 15 heavy (non-hydrogen) atoms. The van der Waals surface area contributed by atoms with Crippen molar-refractivity contribution >= 4 is 28.2 Å². The summed E-state index contributed by atoms with van der Waals surface area (Å²) >= 11 is 3.05. The quantitative estimate of drug-likeness (QED) is 0.748. The molecule has 1 aromatic carbocycles. The number of hydrogen-bond donors (Lipinski definition) is 0. The molecule has 0 spiro atoms. The van der Waals surface area contributed by atoms with Crippen LogP contribution in [0.5, 0.6) is 0 Å². The first-order chi connectivity index (χ1) is 7.36. The van der Waals surface area contributed by atoms with Crippen LogP contribution in [0.15, 0.2) is 46.7 Å². The molecule has 1 aliphatic rings. The van der Waals surface area contributed by atoms with E-state index in [1.165, 1.54) is 16.6 Å². The van der Waals surface area contributed by atoms with E-state index in [2.05, 4.69) is 5.38 Å². The highest BCUT2D eigenvalue weighted by molar-refractivity contribution is 8.14. The Balaban J connectivity index is 2.11. The van der Waals surface area contributed by atoms with E-state index >= 15 is 0 Å². The summed E-state index contributed by atoms with van der Waals surface area (Å²) in [6, 6.07) is 12.0. The van der Waals surface area contributed by atoms with Crippen molar-refractivity contribution in [3.63, 3.8) is 0 Å². The number of thioether (sulfide) groups is 1. The Labute approximate surface area is 96.1 Å². The second kappa shape index (κ2) is 3.51. The fraction of sp³-hybridized carbons (Fsp3) is 0.0833. The van der Waals surface area contributed by atoms with Crippen molar-refractivity contribution in [2.24, 2.45) is 0 Å². The van der Waals surface area contributed by atoms with Crippen molar-refractivity contribution in [2.45, 2.75) is 10.8 Å². The van der Waals surface area contributed by atoms with Crippen LogP contribution in [-0.2, 0) is 4.79 Å². The lowest BCUT2D eigenvalue weighted by Gasteiger charge is -2.06. The van der Waals surface area contributed by atoms with Gasteiger partial charge in [0.15, 0.2) is 0 Å². The van der Waals surface area contributed by atoms with Gasteiger partial charge in [-0.25, -0.2) is 0 Å². The van der Waals surface area contributed by atoms with Crippen LogP contribution in [0.1, 0.15) is 16.4 Å². The normalized spacial score (nSPS) is 19.2. The maximum atomic E-state index is 11.9. The molecule has 0 N–H and O–H groups in total. The van der Waals surface area contributed by atoms with E-state index in [-0.39, 0.29) is 11.0 Å². The van der Waals surface area contributed by atoms with Gasteiger partial charge in [-0.05, 0) is 28.8 Å². The fourth-order valence-corrected chi connectivity index (χ4v) is 4.10. The summed E-state index contributed by atoms with van der Waals surface area (Å²) in [7, 11) is 0. The zero-order chi connectivity index (χ0) is 10.3. The number of hydrogen-bond acceptors (Lipinski definition) is 3. The Bertz CT molecular complexity index is 501. The molecule has 1 atom stereocenters. The van der Waals surface area contributed by atoms with E-state index in [0.29, 0.717) is 0 Å². The first kappa shape index (κ1) is 9.19. The minimum Gasteiger partial charge on any atom is -0.286 e. The molecule has 3 heteroatoms. The van der Waals surface area contributed by atoms with Crippen molar-refractivity contribution in [3.8, 4) is 0 Å². The molecule has 1 aromatic heterocycles. The second-order valence-corrected chi connectivity index (χ2v) is 5.41. The molecule has 0 amide bonds. The van der Waals surface area contributed by atoms with Gasteiger partial charge in [-0.2, -0.15) is 0 Å². The van der Waals surface area contributed by atoms with E-state index in [1.54, 1.807) is 11.3 Å². The summed E-state index contributed by atoms with van der Waals surface area (Å²) in [5, 5.41) is 2.31. The standard InChI is InChI=1S/C12H8OS2/c13-12-10(8-4-2-1-3-5-8)11-9(15-12)6-7-14-11/h1-7,10H. The average molecular weight is 232 g/mol. The fourth-order valence-electron chi connectivity index (χ4n) is 1.81. The van der Waals surface area contributed by atoms with Gasteiger partial charge in [-0.3, -0.25) is 4.79 Å². The zero-order valence-corrected chi connectivity index (χ0v) is 9.48. The lowest BCUT2D eigenvalue weighted by molar-refractivity contribution is -0.111. The van der Waals surface area contributed by atoms with Crippen LogP contribution < -0.4 is 0 Å². The molecule has 0 radical (unpaired) electrons. The van der Waals surface area contributed by atoms with Gasteiger partial charge in [0.05, 0.1) is 5.92 Å². The van der Waals surface area contributed by atoms with Gasteiger partial charge < -0.3 is 0 Å². The molecule has 2 heterocycles. The first-order valence-corrected chi connectivity index (χ1v) is 6.40. The SMILES string of the molecule is O=C1Sc2ccsc2C1c1ccccc1. The summed E-state index contributed by atoms with van der Waals surface area (Å²) in [6.45, 7) is 0. The molecule has 0 aliphatic carbocycles. The number of benzene rings is 1. The maximum Gasteiger partial charge on any atom is 0.206 e. The van der Waals surface area contributed by atoms with Crippen molar-refractivity contribution in [2.75, 3.05) is 0 Å². The molecule has 0 saturated heterocycles. The monoisotopic (exact) mass is 232 g/mol. The third-order valence-corrected chi connectivity index (χ3v) is 4.62. The van der Waals surface area contributed by atoms with E-state index in [0.717, 1.165) is 10.5 Å². The van der Waals surface area contributed by atoms with Gasteiger partial charge in [0, 0.05) is 9.77 Å². The molecule has 0 saturated carbocycles. The van der Waals surface area contributed by atoms with Crippen molar-refractivity contribution in [3.05, 3.63) is 52.2 Å². The molecule has 1 unspecified atom stereocenters. The molecule has 0 fully saturated rings. The lowest BCUT2D eigenvalue weighted by atomic mass is 9.99. The molecule has 2 aromatic rings. The first-order valence-electron chi connectivity index (χ1n) is 4.70. The van der Waals surface area contributed by atoms with Crippen molar-refractivity contribution in [1.29, 1.82) is 0 Å². The van der Waals surface area contributed by atoms with E-state index < -0.39 is 0 Å². The van der Waals surface area contributed by atoms with Crippen molar-refractivity contribution < 1.29 is 4.79 Å². The van der Waals surface area contributed by atoms with Crippen LogP contribution in [-0.4, -0.2) is 5.12 Å². The minimum atomic E-state index is -0.0359. The highest BCUT2D eigenvalue weighted by atomic mass is 32.2. The maximum absolute atomic E-state index is 11.9. The summed E-state index contributed by atoms with van der Waals surface area (Å²) in [6.07, 6.45) is 0. The predicted molar refractivity (Wildman–Crippen MR) is 63.5 cm³/mol. The molecular weight excluding hydrogens is 224 g/mol. The molecule has 3 rings (SSSR count). The summed E-state index contributed by atoms with van der Waals surface area (Å²) < 4.78 is 0. The van der Waals surface area contributed by atoms with E-state index in [1.807, 2.05) is 36.4 Å². The van der Waals surface area contributed by atoms with Gasteiger partial charge in [0.2, 0.25) is 5.12 Å². The third kappa shape index (κ3) is 1.43. The highest BCUT2D eigenvalue weighted by Gasteiger charge is 2.33. The Kier molecular flexibility index (Phi) is 2.15. The Hall–Kier alpha value is -1.06. The summed E-state index contributed by atoms with van der Waals surface area (Å²) in [5.41, 5.74) is 1.11. The smallest absolute Gasteiger partial charge is 0.206 e. The largest absolute Gasteiger partial charge is 0.286 e. The predicted octanol–water partition coefficient (Wildman–Crippen LogP) is 3.51. The molecular formula is C12H8OS2. The summed E-state index contributed by atoms with van der Waals surface area (Å²) in [5.74, 6) is -0.0359. The van der Waals surface area contributed by atoms with Crippen LogP contribution in [0.4, 0.5) is 0 Å². The Morgan fingerprint density at radius 1 is 1.07 bits per heavy atom. The van der Waals surface area contributed by atoms with Gasteiger partial charge in [0.1, 0.15) is 0 Å². The van der Waals surface area contributed by atoms with E-state index in [4.69, 9.17) is 0 Å². The van der Waals surface area contributed by atoms with E-state index in [9.17, 15) is 4.79 Å². The number of fused-ring (bicyclic) bond motifs is 1. The van der Waals surface area contributed by atoms with Gasteiger partial charge in [-0.15, -0.1) is 11.3 Å². The van der Waals surface area contributed by atoms with Crippen molar-refractivity contribution in [1.82, 2.24) is 0 Å². The number of carbonyl (C=O) groups is 1. The van der Waals surface area contributed by atoms with Gasteiger partial charge in [-0.1, -0.05) is 30.3 Å². The summed E-state index contributed by atoms with van der Waals surface area (Å²) in [4.78, 5) is 14.2. The molecule has 1 aliphatic heterocycles. The van der Waals surface area contributed by atoms with Crippen LogP contribution in [0.2, 0.25) is 0 Å². The topological polar surface area (TPSA) is 17.1 Å². The van der Waals surface area contributed by atoms with Crippen LogP contribution in [0.25, 0.3) is 0 Å². The van der Waals surface area contributed by atoms with Crippen LogP contribution >= 0.6 is 23.1 Å². The minimum absolute atomic E-state index is 0.0359. The van der Waals surface area contributed by atoms with Gasteiger partial charge in [0.25, 0.3) is 0 Å². The Morgan fingerprint density at radius 2 is 1.87 bits per heavy atom. The number of thiophene rings is 1. The number of carbonyl (C=O) groups excluding carboxylic acids is 1. The van der Waals surface area contributed by atoms with Gasteiger partial charge >= 0.3 is 0 Å². The molecule has 1 nitrogen and oxygen atoms in total. The second-order valence-electron chi connectivity index (χ2n) is 3.41. The van der Waals surface area contributed by atoms with Crippen LogP contribution in [0.3, 0.4) is 0 Å². The highest BCUT2D eigenvalue weighted by Crippen LogP contribution is 2.47. The number of rotatable bonds is 1. The third-order valence-electron chi connectivity index (χ3n) is 2.50. The molecule has 74 valence electrons. The zero-order valence-electron chi connectivity index (χ0n) is 7.84. The average Bonchev–Trinajstić information content (AvgIpc) is 2.78. The Morgan fingerprint density at radius 3 is 2.67 bits per heavy atom. The molecule has 0 bridgehead atoms. The van der Waals surface area contributed by atoms with Crippen LogP contribution in [0, 0.1) is 0 Å². The lowest BCUT2D eigenvalue weighted by Crippen LogP contribution is -2.03.